The molecule has 1 aliphatic heterocycles. The van der Waals surface area contributed by atoms with E-state index in [2.05, 4.69) is 20.5 Å². The van der Waals surface area contributed by atoms with Crippen LogP contribution in [-0.4, -0.2) is 44.3 Å². The van der Waals surface area contributed by atoms with Gasteiger partial charge in [-0.2, -0.15) is 0 Å². The molecule has 4 N–H and O–H groups in total. The summed E-state index contributed by atoms with van der Waals surface area (Å²) in [4.78, 5) is 6.37. The van der Waals surface area contributed by atoms with E-state index in [1.165, 1.54) is 0 Å². The highest BCUT2D eigenvalue weighted by atomic mass is 15.3. The predicted molar refractivity (Wildman–Crippen MR) is 45.1 cm³/mol. The first-order chi connectivity index (χ1) is 5.33. The number of rotatable bonds is 3. The third-order valence-electron chi connectivity index (χ3n) is 1.48. The summed E-state index contributed by atoms with van der Waals surface area (Å²) in [5, 5.41) is 6.09. The van der Waals surface area contributed by atoms with E-state index in [0.29, 0.717) is 13.3 Å². The molecule has 0 aromatic heterocycles. The van der Waals surface area contributed by atoms with Crippen molar-refractivity contribution in [2.45, 2.75) is 0 Å². The Balaban J connectivity index is 2.08. The monoisotopic (exact) mass is 157 g/mol. The summed E-state index contributed by atoms with van der Waals surface area (Å²) in [5.74, 6) is 1.04. The van der Waals surface area contributed by atoms with E-state index >= 15 is 0 Å². The van der Waals surface area contributed by atoms with E-state index in [4.69, 9.17) is 5.73 Å². The van der Waals surface area contributed by atoms with Crippen molar-refractivity contribution in [2.24, 2.45) is 10.7 Å². The number of nitrogens with two attached hydrogens (primary N) is 1. The third-order valence-corrected chi connectivity index (χ3v) is 1.48. The Bertz CT molecular complexity index is 144. The molecule has 1 aliphatic rings. The van der Waals surface area contributed by atoms with Crippen LogP contribution in [0.1, 0.15) is 0 Å². The summed E-state index contributed by atoms with van der Waals surface area (Å²) < 4.78 is 0. The minimum absolute atomic E-state index is 0.496. The van der Waals surface area contributed by atoms with Crippen LogP contribution in [0.15, 0.2) is 4.99 Å². The Hall–Kier alpha value is -0.650. The van der Waals surface area contributed by atoms with Crippen molar-refractivity contribution in [3.63, 3.8) is 0 Å². The topological polar surface area (TPSA) is 65.7 Å². The van der Waals surface area contributed by atoms with Crippen molar-refractivity contribution < 1.29 is 0 Å². The number of amidine groups is 1. The molecule has 0 bridgehead atoms. The Kier molecular flexibility index (Phi) is 3.28. The number of nitrogens with zero attached hydrogens (tertiary/aromatic N) is 2. The maximum absolute atomic E-state index is 5.24. The molecule has 1 heterocycles. The average molecular weight is 157 g/mol. The zero-order chi connectivity index (χ0) is 8.10. The fourth-order valence-electron chi connectivity index (χ4n) is 0.910. The van der Waals surface area contributed by atoms with Crippen LogP contribution in [-0.2, 0) is 0 Å². The quantitative estimate of drug-likeness (QED) is 0.339. The molecule has 0 amide bonds. The molecular weight excluding hydrogens is 142 g/mol. The summed E-state index contributed by atoms with van der Waals surface area (Å²) in [7, 11) is 2.04. The van der Waals surface area contributed by atoms with Crippen molar-refractivity contribution in [3.05, 3.63) is 0 Å². The lowest BCUT2D eigenvalue weighted by molar-refractivity contribution is 0.419. The van der Waals surface area contributed by atoms with Crippen LogP contribution >= 0.6 is 0 Å². The summed E-state index contributed by atoms with van der Waals surface area (Å²) in [6, 6.07) is 0. The molecule has 0 fully saturated rings. The molecule has 5 heteroatoms. The highest BCUT2D eigenvalue weighted by Crippen LogP contribution is 1.92. The minimum atomic E-state index is 0.496. The standard InChI is InChI=1S/C6H15N5/c1-11-2-6(10-5-11)9-4-8-3-7/h8H,2-5,7H2,1H3,(H,9,10). The highest BCUT2D eigenvalue weighted by molar-refractivity contribution is 5.85. The van der Waals surface area contributed by atoms with E-state index < -0.39 is 0 Å². The lowest BCUT2D eigenvalue weighted by Gasteiger charge is -2.07. The van der Waals surface area contributed by atoms with E-state index in [0.717, 1.165) is 19.0 Å². The van der Waals surface area contributed by atoms with Crippen molar-refractivity contribution in [3.8, 4) is 0 Å². The van der Waals surface area contributed by atoms with Gasteiger partial charge in [0, 0.05) is 6.67 Å². The number of hydrogen-bond acceptors (Lipinski definition) is 5. The van der Waals surface area contributed by atoms with Gasteiger partial charge < -0.3 is 11.1 Å². The van der Waals surface area contributed by atoms with Gasteiger partial charge in [0.25, 0.3) is 0 Å². The Morgan fingerprint density at radius 3 is 3.09 bits per heavy atom. The van der Waals surface area contributed by atoms with Gasteiger partial charge in [-0.25, -0.2) is 0 Å². The van der Waals surface area contributed by atoms with E-state index in [9.17, 15) is 0 Å². The zero-order valence-electron chi connectivity index (χ0n) is 6.80. The van der Waals surface area contributed by atoms with Gasteiger partial charge in [-0.15, -0.1) is 0 Å². The molecule has 5 nitrogen and oxygen atoms in total. The molecule has 0 aromatic carbocycles. The van der Waals surface area contributed by atoms with Crippen LogP contribution in [0.25, 0.3) is 0 Å². The van der Waals surface area contributed by atoms with Crippen molar-refractivity contribution in [1.29, 1.82) is 0 Å². The molecule has 64 valence electrons. The average Bonchev–Trinajstić information content (AvgIpc) is 2.37. The first kappa shape index (κ1) is 8.45. The van der Waals surface area contributed by atoms with Crippen LogP contribution in [0, 0.1) is 0 Å². The molecule has 0 spiro atoms. The highest BCUT2D eigenvalue weighted by Gasteiger charge is 2.09. The molecule has 0 radical (unpaired) electrons. The van der Waals surface area contributed by atoms with E-state index in [1.54, 1.807) is 0 Å². The molecule has 0 atom stereocenters. The first-order valence-corrected chi connectivity index (χ1v) is 3.69. The maximum atomic E-state index is 5.24. The predicted octanol–water partition coefficient (Wildman–Crippen LogP) is -1.66. The maximum Gasteiger partial charge on any atom is 0.113 e. The zero-order valence-corrected chi connectivity index (χ0v) is 6.80. The summed E-state index contributed by atoms with van der Waals surface area (Å²) >= 11 is 0. The molecule has 0 aliphatic carbocycles. The van der Waals surface area contributed by atoms with E-state index in [1.807, 2.05) is 7.05 Å². The van der Waals surface area contributed by atoms with Crippen molar-refractivity contribution >= 4 is 5.84 Å². The molecule has 1 rings (SSSR count). The third kappa shape index (κ3) is 2.83. The van der Waals surface area contributed by atoms with Crippen LogP contribution in [0.5, 0.6) is 0 Å². The van der Waals surface area contributed by atoms with Crippen LogP contribution in [0.2, 0.25) is 0 Å². The number of hydrogen-bond donors (Lipinski definition) is 3. The number of likely N-dealkylation sites (N-methyl/N-ethyl adjacent to an activating group) is 1. The number of aliphatic imine (C=N–C) groups is 1. The summed E-state index contributed by atoms with van der Waals surface area (Å²) in [6.45, 7) is 2.90. The normalized spacial score (nSPS) is 18.5. The van der Waals surface area contributed by atoms with Crippen LogP contribution in [0.3, 0.4) is 0 Å². The van der Waals surface area contributed by atoms with E-state index in [-0.39, 0.29) is 0 Å². The van der Waals surface area contributed by atoms with Gasteiger partial charge in [0.15, 0.2) is 0 Å². The Labute approximate surface area is 66.7 Å². The smallest absolute Gasteiger partial charge is 0.113 e. The largest absolute Gasteiger partial charge is 0.360 e. The first-order valence-electron chi connectivity index (χ1n) is 3.69. The van der Waals surface area contributed by atoms with Gasteiger partial charge in [-0.3, -0.25) is 15.2 Å². The van der Waals surface area contributed by atoms with Gasteiger partial charge in [0.05, 0.1) is 19.9 Å². The Morgan fingerprint density at radius 2 is 2.55 bits per heavy atom. The van der Waals surface area contributed by atoms with Gasteiger partial charge in [-0.1, -0.05) is 0 Å². The second kappa shape index (κ2) is 4.27. The van der Waals surface area contributed by atoms with Crippen LogP contribution in [0.4, 0.5) is 0 Å². The van der Waals surface area contributed by atoms with Crippen LogP contribution < -0.4 is 16.4 Å². The molecule has 0 unspecified atom stereocenters. The molecular formula is C6H15N5. The van der Waals surface area contributed by atoms with Crippen molar-refractivity contribution in [2.75, 3.05) is 33.6 Å². The number of nitrogens with one attached hydrogen (secondary N) is 2. The van der Waals surface area contributed by atoms with Gasteiger partial charge in [0.2, 0.25) is 0 Å². The second-order valence-corrected chi connectivity index (χ2v) is 2.57. The molecule has 0 aromatic rings. The lowest BCUT2D eigenvalue weighted by atomic mass is 10.5. The summed E-state index contributed by atoms with van der Waals surface area (Å²) in [6.07, 6.45) is 0. The SMILES string of the molecule is CN1CN=C(NCNCN)C1. The van der Waals surface area contributed by atoms with Gasteiger partial charge in [0.1, 0.15) is 5.84 Å². The fourth-order valence-corrected chi connectivity index (χ4v) is 0.910. The molecule has 11 heavy (non-hydrogen) atoms. The fraction of sp³-hybridized carbons (Fsp3) is 0.833. The molecule has 0 saturated carbocycles. The molecule has 0 saturated heterocycles. The minimum Gasteiger partial charge on any atom is -0.360 e. The van der Waals surface area contributed by atoms with Crippen molar-refractivity contribution in [1.82, 2.24) is 15.5 Å². The Morgan fingerprint density at radius 1 is 1.73 bits per heavy atom. The van der Waals surface area contributed by atoms with Gasteiger partial charge in [-0.05, 0) is 7.05 Å². The lowest BCUT2D eigenvalue weighted by Crippen LogP contribution is -2.38. The second-order valence-electron chi connectivity index (χ2n) is 2.57. The van der Waals surface area contributed by atoms with Gasteiger partial charge >= 0.3 is 0 Å². The summed E-state index contributed by atoms with van der Waals surface area (Å²) in [5.41, 5.74) is 5.24.